The van der Waals surface area contributed by atoms with Crippen LogP contribution in [0.5, 0.6) is 5.75 Å². The van der Waals surface area contributed by atoms with Gasteiger partial charge in [0.15, 0.2) is 0 Å². The summed E-state index contributed by atoms with van der Waals surface area (Å²) in [5.41, 5.74) is -0.358. The highest BCUT2D eigenvalue weighted by Crippen LogP contribution is 2.22. The molecular weight excluding hydrogens is 246 g/mol. The van der Waals surface area contributed by atoms with Crippen molar-refractivity contribution in [2.24, 2.45) is 0 Å². The minimum atomic E-state index is -1.30. The molecule has 1 rings (SSSR count). The minimum Gasteiger partial charge on any atom is -0.508 e. The van der Waals surface area contributed by atoms with E-state index in [1.807, 2.05) is 0 Å². The van der Waals surface area contributed by atoms with Crippen LogP contribution < -0.4 is 0 Å². The van der Waals surface area contributed by atoms with Crippen molar-refractivity contribution in [3.8, 4) is 5.75 Å². The van der Waals surface area contributed by atoms with E-state index in [2.05, 4.69) is 0 Å². The van der Waals surface area contributed by atoms with Gasteiger partial charge < -0.3 is 15.1 Å². The molecule has 1 aromatic carbocycles. The summed E-state index contributed by atoms with van der Waals surface area (Å²) in [5, 5.41) is 18.8. The predicted molar refractivity (Wildman–Crippen MR) is 71.3 cm³/mol. The summed E-state index contributed by atoms with van der Waals surface area (Å²) < 4.78 is 0. The second-order valence-electron chi connectivity index (χ2n) is 4.91. The van der Waals surface area contributed by atoms with Gasteiger partial charge in [0.1, 0.15) is 11.3 Å². The summed E-state index contributed by atoms with van der Waals surface area (Å²) in [6.07, 6.45) is 0. The molecule has 104 valence electrons. The number of carboxylic acids is 1. The summed E-state index contributed by atoms with van der Waals surface area (Å²) in [4.78, 5) is 24.8. The van der Waals surface area contributed by atoms with Gasteiger partial charge >= 0.3 is 5.97 Å². The minimum absolute atomic E-state index is 0.0232. The highest BCUT2D eigenvalue weighted by molar-refractivity contribution is 5.98. The number of nitrogens with zero attached hydrogens (tertiary/aromatic N) is 1. The molecule has 5 nitrogen and oxygen atoms in total. The van der Waals surface area contributed by atoms with Gasteiger partial charge in [-0.1, -0.05) is 6.07 Å². The Labute approximate surface area is 112 Å². The molecule has 0 saturated heterocycles. The Morgan fingerprint density at radius 3 is 2.32 bits per heavy atom. The lowest BCUT2D eigenvalue weighted by atomic mass is 10.0. The number of hydrogen-bond donors (Lipinski definition) is 2. The summed E-state index contributed by atoms with van der Waals surface area (Å²) in [5.74, 6) is -1.46. The van der Waals surface area contributed by atoms with Crippen LogP contribution in [-0.2, 0) is 4.79 Å². The fourth-order valence-corrected chi connectivity index (χ4v) is 1.81. The fraction of sp³-hybridized carbons (Fsp3) is 0.429. The first kappa shape index (κ1) is 15.0. The lowest BCUT2D eigenvalue weighted by molar-refractivity contribution is -0.147. The number of rotatable bonds is 4. The Bertz CT molecular complexity index is 508. The second-order valence-corrected chi connectivity index (χ2v) is 4.91. The number of carbonyl (C=O) groups is 2. The molecule has 1 amide bonds. The van der Waals surface area contributed by atoms with Gasteiger partial charge in [0.25, 0.3) is 5.91 Å². The van der Waals surface area contributed by atoms with Crippen LogP contribution in [0.3, 0.4) is 0 Å². The SMILES string of the molecule is CCN(C(=O)c1ccc(C)c(O)c1)C(C)(C)C(=O)O. The van der Waals surface area contributed by atoms with Gasteiger partial charge in [-0.3, -0.25) is 4.79 Å². The Morgan fingerprint density at radius 2 is 1.89 bits per heavy atom. The van der Waals surface area contributed by atoms with E-state index < -0.39 is 17.4 Å². The molecule has 0 aliphatic carbocycles. The maximum atomic E-state index is 12.3. The van der Waals surface area contributed by atoms with Crippen LogP contribution in [0.4, 0.5) is 0 Å². The maximum Gasteiger partial charge on any atom is 0.329 e. The average molecular weight is 265 g/mol. The monoisotopic (exact) mass is 265 g/mol. The van der Waals surface area contributed by atoms with Crippen LogP contribution in [0.2, 0.25) is 0 Å². The van der Waals surface area contributed by atoms with E-state index in [0.717, 1.165) is 0 Å². The molecule has 0 spiro atoms. The molecule has 0 aliphatic rings. The first-order chi connectivity index (χ1) is 8.71. The topological polar surface area (TPSA) is 77.8 Å². The lowest BCUT2D eigenvalue weighted by Crippen LogP contribution is -2.52. The number of hydrogen-bond acceptors (Lipinski definition) is 3. The molecule has 0 heterocycles. The number of benzene rings is 1. The third-order valence-corrected chi connectivity index (χ3v) is 3.22. The Morgan fingerprint density at radius 1 is 1.32 bits per heavy atom. The average Bonchev–Trinajstić information content (AvgIpc) is 2.32. The van der Waals surface area contributed by atoms with E-state index in [4.69, 9.17) is 0 Å². The van der Waals surface area contributed by atoms with Crippen molar-refractivity contribution in [1.29, 1.82) is 0 Å². The van der Waals surface area contributed by atoms with E-state index in [0.29, 0.717) is 5.56 Å². The number of carbonyl (C=O) groups excluding carboxylic acids is 1. The van der Waals surface area contributed by atoms with Gasteiger partial charge in [-0.15, -0.1) is 0 Å². The zero-order chi connectivity index (χ0) is 14.8. The quantitative estimate of drug-likeness (QED) is 0.873. The van der Waals surface area contributed by atoms with Crippen LogP contribution in [0.1, 0.15) is 36.7 Å². The van der Waals surface area contributed by atoms with Crippen LogP contribution in [0, 0.1) is 6.92 Å². The Hall–Kier alpha value is -2.04. The number of likely N-dealkylation sites (N-methyl/N-ethyl adjacent to an activating group) is 1. The van der Waals surface area contributed by atoms with Crippen LogP contribution in [-0.4, -0.2) is 39.1 Å². The standard InChI is InChI=1S/C14H19NO4/c1-5-15(14(3,4)13(18)19)12(17)10-7-6-9(2)11(16)8-10/h6-8,16H,5H2,1-4H3,(H,18,19). The summed E-state index contributed by atoms with van der Waals surface area (Å²) in [6, 6.07) is 4.57. The molecule has 5 heteroatoms. The van der Waals surface area contributed by atoms with Crippen molar-refractivity contribution in [3.63, 3.8) is 0 Å². The van der Waals surface area contributed by atoms with Crippen molar-refractivity contribution in [2.75, 3.05) is 6.54 Å². The van der Waals surface area contributed by atoms with Crippen molar-refractivity contribution in [1.82, 2.24) is 4.90 Å². The summed E-state index contributed by atoms with van der Waals surface area (Å²) >= 11 is 0. The molecule has 0 saturated carbocycles. The smallest absolute Gasteiger partial charge is 0.329 e. The van der Waals surface area contributed by atoms with E-state index in [-0.39, 0.29) is 17.9 Å². The number of amides is 1. The highest BCUT2D eigenvalue weighted by atomic mass is 16.4. The van der Waals surface area contributed by atoms with Crippen LogP contribution >= 0.6 is 0 Å². The molecule has 0 bridgehead atoms. The van der Waals surface area contributed by atoms with Gasteiger partial charge in [0.05, 0.1) is 0 Å². The number of aryl methyl sites for hydroxylation is 1. The molecule has 0 aromatic heterocycles. The molecule has 0 aliphatic heterocycles. The molecular formula is C14H19NO4. The van der Waals surface area contributed by atoms with Gasteiger partial charge in [0.2, 0.25) is 0 Å². The van der Waals surface area contributed by atoms with Gasteiger partial charge in [-0.25, -0.2) is 4.79 Å². The zero-order valence-corrected chi connectivity index (χ0v) is 11.6. The molecule has 1 aromatic rings. The van der Waals surface area contributed by atoms with Crippen molar-refractivity contribution in [3.05, 3.63) is 29.3 Å². The molecule has 0 fully saturated rings. The Balaban J connectivity index is 3.15. The third-order valence-electron chi connectivity index (χ3n) is 3.22. The lowest BCUT2D eigenvalue weighted by Gasteiger charge is -2.34. The van der Waals surface area contributed by atoms with E-state index in [1.54, 1.807) is 26.0 Å². The number of phenolic OH excluding ortho intramolecular Hbond substituents is 1. The van der Waals surface area contributed by atoms with E-state index in [9.17, 15) is 19.8 Å². The molecule has 0 atom stereocenters. The third kappa shape index (κ3) is 2.86. The highest BCUT2D eigenvalue weighted by Gasteiger charge is 2.37. The fourth-order valence-electron chi connectivity index (χ4n) is 1.81. The van der Waals surface area contributed by atoms with Crippen molar-refractivity contribution >= 4 is 11.9 Å². The number of phenols is 1. The van der Waals surface area contributed by atoms with Crippen LogP contribution in [0.25, 0.3) is 0 Å². The van der Waals surface area contributed by atoms with E-state index >= 15 is 0 Å². The van der Waals surface area contributed by atoms with E-state index in [1.165, 1.54) is 24.8 Å². The number of aromatic hydroxyl groups is 1. The number of aliphatic carboxylic acids is 1. The Kier molecular flexibility index (Phi) is 4.19. The zero-order valence-electron chi connectivity index (χ0n) is 11.6. The first-order valence-corrected chi connectivity index (χ1v) is 6.06. The van der Waals surface area contributed by atoms with Crippen molar-refractivity contribution < 1.29 is 19.8 Å². The second kappa shape index (κ2) is 5.30. The maximum absolute atomic E-state index is 12.3. The normalized spacial score (nSPS) is 11.2. The van der Waals surface area contributed by atoms with Gasteiger partial charge in [0, 0.05) is 12.1 Å². The molecule has 0 unspecified atom stereocenters. The van der Waals surface area contributed by atoms with Crippen LogP contribution in [0.15, 0.2) is 18.2 Å². The summed E-state index contributed by atoms with van der Waals surface area (Å²) in [6.45, 7) is 6.67. The summed E-state index contributed by atoms with van der Waals surface area (Å²) in [7, 11) is 0. The largest absolute Gasteiger partial charge is 0.508 e. The van der Waals surface area contributed by atoms with Gasteiger partial charge in [-0.2, -0.15) is 0 Å². The van der Waals surface area contributed by atoms with Crippen molar-refractivity contribution in [2.45, 2.75) is 33.2 Å². The molecule has 2 N–H and O–H groups in total. The molecule has 19 heavy (non-hydrogen) atoms. The molecule has 0 radical (unpaired) electrons. The predicted octanol–water partition coefficient (Wildman–Crippen LogP) is 2.03. The van der Waals surface area contributed by atoms with Gasteiger partial charge in [-0.05, 0) is 45.4 Å². The first-order valence-electron chi connectivity index (χ1n) is 6.06. The number of carboxylic acid groups (broad SMARTS) is 1.